The molecule has 1 aromatic heterocycles. The molecule has 2 aliphatic heterocycles. The van der Waals surface area contributed by atoms with Gasteiger partial charge in [-0.05, 0) is 36.4 Å². The molecule has 1 unspecified atom stereocenters. The minimum absolute atomic E-state index is 0.0707. The zero-order valence-corrected chi connectivity index (χ0v) is 19.2. The Morgan fingerprint density at radius 2 is 1.88 bits per heavy atom. The van der Waals surface area contributed by atoms with Gasteiger partial charge in [-0.15, -0.1) is 0 Å². The van der Waals surface area contributed by atoms with Gasteiger partial charge in [0.25, 0.3) is 0 Å². The summed E-state index contributed by atoms with van der Waals surface area (Å²) in [5, 5.41) is 3.25. The summed E-state index contributed by atoms with van der Waals surface area (Å²) in [5.41, 5.74) is 3.18. The molecule has 2 aromatic carbocycles. The largest absolute Gasteiger partial charge is 0.379 e. The van der Waals surface area contributed by atoms with Crippen LogP contribution in [0.15, 0.2) is 54.6 Å². The van der Waals surface area contributed by atoms with E-state index in [1.54, 1.807) is 0 Å². The monoisotopic (exact) mass is 450 g/mol. The van der Waals surface area contributed by atoms with Crippen molar-refractivity contribution in [1.82, 2.24) is 19.8 Å². The topological polar surface area (TPSA) is 59.4 Å². The summed E-state index contributed by atoms with van der Waals surface area (Å²) in [6, 6.07) is 18.4. The van der Waals surface area contributed by atoms with Crippen molar-refractivity contribution in [3.05, 3.63) is 60.4 Å². The summed E-state index contributed by atoms with van der Waals surface area (Å²) in [7, 11) is 0. The smallest absolute Gasteiger partial charge is 0.220 e. The number of amides is 1. The Labute approximate surface area is 193 Å². The van der Waals surface area contributed by atoms with Gasteiger partial charge in [-0.25, -0.2) is 4.98 Å². The molecule has 0 bridgehead atoms. The molecule has 0 aliphatic carbocycles. The highest BCUT2D eigenvalue weighted by molar-refractivity contribution is 7.99. The first-order valence-electron chi connectivity index (χ1n) is 11.4. The highest BCUT2D eigenvalue weighted by atomic mass is 32.2. The third kappa shape index (κ3) is 4.42. The number of rotatable bonds is 7. The molecule has 2 fully saturated rings. The van der Waals surface area contributed by atoms with E-state index in [4.69, 9.17) is 9.72 Å². The number of para-hydroxylation sites is 3. The van der Waals surface area contributed by atoms with Crippen LogP contribution in [0, 0.1) is 0 Å². The molecule has 2 saturated heterocycles. The Morgan fingerprint density at radius 1 is 1.09 bits per heavy atom. The average molecular weight is 451 g/mol. The van der Waals surface area contributed by atoms with Crippen LogP contribution in [0.3, 0.4) is 0 Å². The number of benzene rings is 2. The van der Waals surface area contributed by atoms with E-state index in [0.717, 1.165) is 66.8 Å². The Balaban J connectivity index is 1.27. The third-order valence-electron chi connectivity index (χ3n) is 6.60. The average Bonchev–Trinajstić information content (AvgIpc) is 3.48. The SMILES string of the molecule is O=C(CCc1nc2ccccc2n1-c1ccccc1)NCC1(N2CCOCC2)CCSC1. The van der Waals surface area contributed by atoms with E-state index in [9.17, 15) is 4.79 Å². The number of carbonyl (C=O) groups excluding carboxylic acids is 1. The van der Waals surface area contributed by atoms with Crippen LogP contribution in [-0.2, 0) is 16.0 Å². The number of thioether (sulfide) groups is 1. The van der Waals surface area contributed by atoms with Gasteiger partial charge in [0.15, 0.2) is 0 Å². The molecule has 5 rings (SSSR count). The minimum atomic E-state index is 0.0707. The second-order valence-corrected chi connectivity index (χ2v) is 9.70. The summed E-state index contributed by atoms with van der Waals surface area (Å²) in [6.07, 6.45) is 2.17. The molecule has 3 aromatic rings. The second kappa shape index (κ2) is 9.65. The number of aromatic nitrogens is 2. The van der Waals surface area contributed by atoms with E-state index in [1.807, 2.05) is 48.2 Å². The van der Waals surface area contributed by atoms with Crippen molar-refractivity contribution in [3.8, 4) is 5.69 Å². The van der Waals surface area contributed by atoms with Gasteiger partial charge in [-0.1, -0.05) is 30.3 Å². The van der Waals surface area contributed by atoms with E-state index in [1.165, 1.54) is 0 Å². The fourth-order valence-corrected chi connectivity index (χ4v) is 6.30. The summed E-state index contributed by atoms with van der Waals surface area (Å²) in [4.78, 5) is 20.2. The first-order chi connectivity index (χ1) is 15.8. The minimum Gasteiger partial charge on any atom is -0.379 e. The van der Waals surface area contributed by atoms with Gasteiger partial charge in [-0.2, -0.15) is 11.8 Å². The Bertz CT molecular complexity index is 1060. The van der Waals surface area contributed by atoms with Crippen molar-refractivity contribution >= 4 is 28.7 Å². The summed E-state index contributed by atoms with van der Waals surface area (Å²) < 4.78 is 7.72. The number of fused-ring (bicyclic) bond motifs is 1. The maximum absolute atomic E-state index is 12.9. The van der Waals surface area contributed by atoms with Gasteiger partial charge in [0, 0.05) is 49.5 Å². The highest BCUT2D eigenvalue weighted by Gasteiger charge is 2.40. The number of aryl methyl sites for hydroxylation is 1. The van der Waals surface area contributed by atoms with Crippen molar-refractivity contribution in [2.45, 2.75) is 24.8 Å². The van der Waals surface area contributed by atoms with Gasteiger partial charge in [0.05, 0.1) is 24.2 Å². The molecule has 168 valence electrons. The molecule has 1 N–H and O–H groups in total. The van der Waals surface area contributed by atoms with Crippen molar-refractivity contribution in [2.24, 2.45) is 0 Å². The molecule has 0 radical (unpaired) electrons. The highest BCUT2D eigenvalue weighted by Crippen LogP contribution is 2.33. The fraction of sp³-hybridized carbons (Fsp3) is 0.440. The molecular weight excluding hydrogens is 420 g/mol. The van der Waals surface area contributed by atoms with E-state index < -0.39 is 0 Å². The molecule has 2 aliphatic rings. The van der Waals surface area contributed by atoms with Gasteiger partial charge in [0.1, 0.15) is 5.82 Å². The van der Waals surface area contributed by atoms with Crippen LogP contribution in [-0.4, -0.2) is 70.3 Å². The number of imidazole rings is 1. The fourth-order valence-electron chi connectivity index (χ4n) is 4.82. The molecule has 1 atom stereocenters. The van der Waals surface area contributed by atoms with Crippen molar-refractivity contribution in [3.63, 3.8) is 0 Å². The number of nitrogens with one attached hydrogen (secondary N) is 1. The quantitative estimate of drug-likeness (QED) is 0.599. The van der Waals surface area contributed by atoms with Gasteiger partial charge in [-0.3, -0.25) is 14.3 Å². The van der Waals surface area contributed by atoms with Crippen LogP contribution in [0.5, 0.6) is 0 Å². The van der Waals surface area contributed by atoms with E-state index >= 15 is 0 Å². The molecule has 0 spiro atoms. The van der Waals surface area contributed by atoms with E-state index in [-0.39, 0.29) is 11.4 Å². The first-order valence-corrected chi connectivity index (χ1v) is 12.6. The number of carbonyl (C=O) groups is 1. The van der Waals surface area contributed by atoms with Gasteiger partial charge < -0.3 is 10.1 Å². The number of nitrogens with zero attached hydrogens (tertiary/aromatic N) is 3. The Morgan fingerprint density at radius 3 is 2.66 bits per heavy atom. The third-order valence-corrected chi connectivity index (χ3v) is 7.83. The van der Waals surface area contributed by atoms with Crippen molar-refractivity contribution < 1.29 is 9.53 Å². The first kappa shape index (κ1) is 21.5. The van der Waals surface area contributed by atoms with Crippen LogP contribution in [0.2, 0.25) is 0 Å². The van der Waals surface area contributed by atoms with Crippen LogP contribution in [0.1, 0.15) is 18.7 Å². The number of ether oxygens (including phenoxy) is 1. The Kier molecular flexibility index (Phi) is 6.48. The predicted molar refractivity (Wildman–Crippen MR) is 129 cm³/mol. The lowest BCUT2D eigenvalue weighted by Gasteiger charge is -2.43. The molecule has 6 nitrogen and oxygen atoms in total. The standard InChI is InChI=1S/C25H30N4O2S/c30-24(26-18-25(12-17-32-19-25)28-13-15-31-16-14-28)11-10-23-27-21-8-4-5-9-22(21)29(23)20-6-2-1-3-7-20/h1-9H,10-19H2,(H,26,30). The normalized spacial score (nSPS) is 21.8. The van der Waals surface area contributed by atoms with Crippen LogP contribution in [0.25, 0.3) is 16.7 Å². The van der Waals surface area contributed by atoms with Gasteiger partial charge >= 0.3 is 0 Å². The maximum Gasteiger partial charge on any atom is 0.220 e. The van der Waals surface area contributed by atoms with Gasteiger partial charge in [0.2, 0.25) is 5.91 Å². The summed E-state index contributed by atoms with van der Waals surface area (Å²) in [5.74, 6) is 3.26. The van der Waals surface area contributed by atoms with E-state index in [0.29, 0.717) is 19.4 Å². The van der Waals surface area contributed by atoms with Crippen LogP contribution in [0.4, 0.5) is 0 Å². The molecule has 32 heavy (non-hydrogen) atoms. The lowest BCUT2D eigenvalue weighted by Crippen LogP contribution is -2.59. The summed E-state index contributed by atoms with van der Waals surface area (Å²) >= 11 is 1.99. The van der Waals surface area contributed by atoms with Crippen molar-refractivity contribution in [2.75, 3.05) is 44.4 Å². The van der Waals surface area contributed by atoms with Crippen molar-refractivity contribution in [1.29, 1.82) is 0 Å². The zero-order valence-electron chi connectivity index (χ0n) is 18.3. The molecular formula is C25H30N4O2S. The number of hydrogen-bond donors (Lipinski definition) is 1. The zero-order chi connectivity index (χ0) is 21.8. The maximum atomic E-state index is 12.9. The van der Waals surface area contributed by atoms with Crippen LogP contribution < -0.4 is 5.32 Å². The predicted octanol–water partition coefficient (Wildman–Crippen LogP) is 3.28. The lowest BCUT2D eigenvalue weighted by molar-refractivity contribution is -0.121. The molecule has 7 heteroatoms. The molecule has 3 heterocycles. The second-order valence-electron chi connectivity index (χ2n) is 8.59. The summed E-state index contributed by atoms with van der Waals surface area (Å²) in [6.45, 7) is 4.20. The van der Waals surface area contributed by atoms with E-state index in [2.05, 4.69) is 33.0 Å². The Hall–Kier alpha value is -2.35. The van der Waals surface area contributed by atoms with Crippen LogP contribution >= 0.6 is 11.8 Å². The molecule has 0 saturated carbocycles. The lowest BCUT2D eigenvalue weighted by atomic mass is 9.95. The molecule has 1 amide bonds. The number of morpholine rings is 1. The number of hydrogen-bond acceptors (Lipinski definition) is 5.